The first-order valence-corrected chi connectivity index (χ1v) is 4.47. The number of aromatic hydroxyl groups is 2. The third kappa shape index (κ3) is 2.63. The van der Waals surface area contributed by atoms with E-state index >= 15 is 0 Å². The highest BCUT2D eigenvalue weighted by atomic mass is 16.4. The molecule has 1 amide bonds. The van der Waals surface area contributed by atoms with Crippen LogP contribution in [0.4, 0.5) is 0 Å². The summed E-state index contributed by atoms with van der Waals surface area (Å²) in [7, 11) is 0. The first-order chi connectivity index (χ1) is 7.41. The molecule has 16 heavy (non-hydrogen) atoms. The van der Waals surface area contributed by atoms with Crippen LogP contribution in [-0.4, -0.2) is 33.2 Å². The first-order valence-electron chi connectivity index (χ1n) is 4.47. The maximum absolute atomic E-state index is 11.5. The monoisotopic (exact) mass is 225 g/mol. The molecule has 0 heterocycles. The van der Waals surface area contributed by atoms with Crippen LogP contribution >= 0.6 is 0 Å². The molecule has 6 nitrogen and oxygen atoms in total. The average Bonchev–Trinajstić information content (AvgIpc) is 2.21. The van der Waals surface area contributed by atoms with Gasteiger partial charge in [0.1, 0.15) is 6.04 Å². The molecule has 1 aromatic rings. The number of phenols is 2. The summed E-state index contributed by atoms with van der Waals surface area (Å²) in [6, 6.07) is 2.46. The van der Waals surface area contributed by atoms with E-state index in [1.165, 1.54) is 13.0 Å². The van der Waals surface area contributed by atoms with Gasteiger partial charge in [-0.1, -0.05) is 0 Å². The van der Waals surface area contributed by atoms with Crippen molar-refractivity contribution in [3.63, 3.8) is 0 Å². The maximum atomic E-state index is 11.5. The molecule has 1 atom stereocenters. The van der Waals surface area contributed by atoms with Gasteiger partial charge in [-0.15, -0.1) is 0 Å². The molecule has 0 fully saturated rings. The van der Waals surface area contributed by atoms with Gasteiger partial charge in [-0.05, 0) is 25.1 Å². The fourth-order valence-corrected chi connectivity index (χ4v) is 1.01. The first kappa shape index (κ1) is 11.8. The van der Waals surface area contributed by atoms with Crippen molar-refractivity contribution in [2.75, 3.05) is 0 Å². The standard InChI is InChI=1S/C10H11NO5/c1-5(10(15)16)11-9(14)6-2-3-7(12)8(13)4-6/h2-5,12-13H,1H3,(H,11,14)(H,15,16)/t5-/m1/s1. The Labute approximate surface area is 91.1 Å². The van der Waals surface area contributed by atoms with Crippen LogP contribution in [-0.2, 0) is 4.79 Å². The molecule has 6 heteroatoms. The SMILES string of the molecule is C[C@@H](NC(=O)c1ccc(O)c(O)c1)C(=O)O. The Kier molecular flexibility index (Phi) is 3.34. The number of carbonyl (C=O) groups is 2. The van der Waals surface area contributed by atoms with Crippen LogP contribution in [0.2, 0.25) is 0 Å². The number of carboxylic acids is 1. The third-order valence-corrected chi connectivity index (χ3v) is 1.96. The van der Waals surface area contributed by atoms with E-state index in [2.05, 4.69) is 5.32 Å². The van der Waals surface area contributed by atoms with Gasteiger partial charge >= 0.3 is 5.97 Å². The molecule has 0 aromatic heterocycles. The largest absolute Gasteiger partial charge is 0.504 e. The summed E-state index contributed by atoms with van der Waals surface area (Å²) in [6.07, 6.45) is 0. The van der Waals surface area contributed by atoms with Crippen LogP contribution in [0.3, 0.4) is 0 Å². The quantitative estimate of drug-likeness (QED) is 0.553. The minimum Gasteiger partial charge on any atom is -0.504 e. The Morgan fingerprint density at radius 3 is 2.38 bits per heavy atom. The fourth-order valence-electron chi connectivity index (χ4n) is 1.01. The summed E-state index contributed by atoms with van der Waals surface area (Å²) in [5.74, 6) is -2.57. The molecule has 4 N–H and O–H groups in total. The van der Waals surface area contributed by atoms with Gasteiger partial charge in [0, 0.05) is 5.56 Å². The number of rotatable bonds is 3. The minimum atomic E-state index is -1.16. The van der Waals surface area contributed by atoms with Crippen LogP contribution in [0.25, 0.3) is 0 Å². The van der Waals surface area contributed by atoms with Crippen molar-refractivity contribution < 1.29 is 24.9 Å². The summed E-state index contributed by atoms with van der Waals surface area (Å²) < 4.78 is 0. The number of benzene rings is 1. The van der Waals surface area contributed by atoms with Gasteiger partial charge in [-0.25, -0.2) is 0 Å². The summed E-state index contributed by atoms with van der Waals surface area (Å²) in [4.78, 5) is 21.9. The lowest BCUT2D eigenvalue weighted by atomic mass is 10.2. The Balaban J connectivity index is 2.81. The molecule has 0 radical (unpaired) electrons. The highest BCUT2D eigenvalue weighted by molar-refractivity contribution is 5.97. The van der Waals surface area contributed by atoms with E-state index in [4.69, 9.17) is 15.3 Å². The number of nitrogens with one attached hydrogen (secondary N) is 1. The Morgan fingerprint density at radius 2 is 1.88 bits per heavy atom. The second-order valence-corrected chi connectivity index (χ2v) is 3.24. The fraction of sp³-hybridized carbons (Fsp3) is 0.200. The molecular formula is C10H11NO5. The van der Waals surface area contributed by atoms with Crippen molar-refractivity contribution in [2.45, 2.75) is 13.0 Å². The zero-order valence-corrected chi connectivity index (χ0v) is 8.47. The molecule has 1 aromatic carbocycles. The van der Waals surface area contributed by atoms with E-state index < -0.39 is 23.7 Å². The lowest BCUT2D eigenvalue weighted by Crippen LogP contribution is -2.38. The number of amides is 1. The normalized spacial score (nSPS) is 11.8. The van der Waals surface area contributed by atoms with Crippen LogP contribution in [0.5, 0.6) is 11.5 Å². The van der Waals surface area contributed by atoms with Crippen LogP contribution in [0, 0.1) is 0 Å². The molecule has 0 aliphatic rings. The molecule has 0 bridgehead atoms. The molecule has 0 spiro atoms. The molecular weight excluding hydrogens is 214 g/mol. The molecule has 86 valence electrons. The van der Waals surface area contributed by atoms with Crippen molar-refractivity contribution in [1.82, 2.24) is 5.32 Å². The molecule has 0 aliphatic carbocycles. The molecule has 1 rings (SSSR count). The van der Waals surface area contributed by atoms with Gasteiger partial charge in [0.05, 0.1) is 0 Å². The summed E-state index contributed by atoms with van der Waals surface area (Å²) in [6.45, 7) is 1.32. The molecule has 0 saturated carbocycles. The number of carbonyl (C=O) groups excluding carboxylic acids is 1. The van der Waals surface area contributed by atoms with E-state index in [9.17, 15) is 9.59 Å². The summed E-state index contributed by atoms with van der Waals surface area (Å²) in [5.41, 5.74) is 0.0726. The van der Waals surface area contributed by atoms with E-state index in [-0.39, 0.29) is 11.3 Å². The molecule has 0 saturated heterocycles. The predicted octanol–water partition coefficient (Wildman–Crippen LogP) is 0.301. The van der Waals surface area contributed by atoms with Crippen LogP contribution in [0.15, 0.2) is 18.2 Å². The Morgan fingerprint density at radius 1 is 1.25 bits per heavy atom. The van der Waals surface area contributed by atoms with Crippen molar-refractivity contribution in [1.29, 1.82) is 0 Å². The van der Waals surface area contributed by atoms with E-state index in [1.54, 1.807) is 0 Å². The molecule has 0 unspecified atom stereocenters. The lowest BCUT2D eigenvalue weighted by Gasteiger charge is -2.09. The maximum Gasteiger partial charge on any atom is 0.325 e. The van der Waals surface area contributed by atoms with E-state index in [0.29, 0.717) is 0 Å². The van der Waals surface area contributed by atoms with Crippen molar-refractivity contribution >= 4 is 11.9 Å². The van der Waals surface area contributed by atoms with E-state index in [1.807, 2.05) is 0 Å². The zero-order valence-electron chi connectivity index (χ0n) is 8.47. The van der Waals surface area contributed by atoms with Gasteiger partial charge in [0.2, 0.25) is 0 Å². The Bertz CT molecular complexity index is 429. The second-order valence-electron chi connectivity index (χ2n) is 3.24. The second kappa shape index (κ2) is 4.52. The van der Waals surface area contributed by atoms with Crippen molar-refractivity contribution in [3.05, 3.63) is 23.8 Å². The van der Waals surface area contributed by atoms with Gasteiger partial charge in [0.15, 0.2) is 11.5 Å². The summed E-state index contributed by atoms with van der Waals surface area (Å²) >= 11 is 0. The average molecular weight is 225 g/mol. The zero-order chi connectivity index (χ0) is 12.3. The lowest BCUT2D eigenvalue weighted by molar-refractivity contribution is -0.138. The topological polar surface area (TPSA) is 107 Å². The Hall–Kier alpha value is -2.24. The van der Waals surface area contributed by atoms with Crippen LogP contribution in [0.1, 0.15) is 17.3 Å². The van der Waals surface area contributed by atoms with Gasteiger partial charge in [-0.3, -0.25) is 9.59 Å². The van der Waals surface area contributed by atoms with Crippen molar-refractivity contribution in [2.24, 2.45) is 0 Å². The van der Waals surface area contributed by atoms with Gasteiger partial charge < -0.3 is 20.6 Å². The van der Waals surface area contributed by atoms with Gasteiger partial charge in [-0.2, -0.15) is 0 Å². The van der Waals surface area contributed by atoms with E-state index in [0.717, 1.165) is 12.1 Å². The molecule has 0 aliphatic heterocycles. The number of phenolic OH excluding ortho intramolecular Hbond substituents is 2. The highest BCUT2D eigenvalue weighted by Gasteiger charge is 2.15. The predicted molar refractivity (Wildman–Crippen MR) is 54.3 cm³/mol. The smallest absolute Gasteiger partial charge is 0.325 e. The third-order valence-electron chi connectivity index (χ3n) is 1.96. The number of carboxylic acid groups (broad SMARTS) is 1. The van der Waals surface area contributed by atoms with Crippen LogP contribution < -0.4 is 5.32 Å². The summed E-state index contributed by atoms with van der Waals surface area (Å²) in [5, 5.41) is 28.9. The number of hydrogen-bond donors (Lipinski definition) is 4. The number of aliphatic carboxylic acids is 1. The minimum absolute atomic E-state index is 0.0726. The number of hydrogen-bond acceptors (Lipinski definition) is 4. The highest BCUT2D eigenvalue weighted by Crippen LogP contribution is 2.24. The van der Waals surface area contributed by atoms with Gasteiger partial charge in [0.25, 0.3) is 5.91 Å². The van der Waals surface area contributed by atoms with Crippen molar-refractivity contribution in [3.8, 4) is 11.5 Å².